The Labute approximate surface area is 227 Å². The highest BCUT2D eigenvalue weighted by Crippen LogP contribution is 2.34. The molecular formula is C27H31Cl3N2O2S. The molecule has 1 unspecified atom stereocenters. The third kappa shape index (κ3) is 7.00. The fourth-order valence-corrected chi connectivity index (χ4v) is 5.68. The van der Waals surface area contributed by atoms with Crippen LogP contribution in [0.4, 0.5) is 0 Å². The van der Waals surface area contributed by atoms with Crippen LogP contribution in [0.5, 0.6) is 0 Å². The number of nitrogens with zero attached hydrogens (tertiary/aromatic N) is 2. The molecule has 3 aromatic rings. The molecule has 1 N–H and O–H groups in total. The number of hydrogen-bond donors (Lipinski definition) is 1. The number of aliphatic hydroxyl groups is 1. The van der Waals surface area contributed by atoms with Gasteiger partial charge in [0.1, 0.15) is 0 Å². The van der Waals surface area contributed by atoms with Crippen LogP contribution in [0.1, 0.15) is 46.0 Å². The molecule has 0 radical (unpaired) electrons. The zero-order valence-corrected chi connectivity index (χ0v) is 22.8. The van der Waals surface area contributed by atoms with E-state index in [1.807, 2.05) is 73.1 Å². The average molecular weight is 554 g/mol. The van der Waals surface area contributed by atoms with Gasteiger partial charge in [-0.3, -0.25) is 4.79 Å². The van der Waals surface area contributed by atoms with Crippen molar-refractivity contribution in [1.82, 2.24) is 9.80 Å². The van der Waals surface area contributed by atoms with Crippen LogP contribution in [0.15, 0.2) is 66.0 Å². The Balaban J connectivity index is 0.00000342. The van der Waals surface area contributed by atoms with Gasteiger partial charge in [-0.2, -0.15) is 0 Å². The van der Waals surface area contributed by atoms with E-state index in [-0.39, 0.29) is 24.2 Å². The number of benzene rings is 2. The fourth-order valence-electron chi connectivity index (χ4n) is 4.65. The molecule has 4 rings (SSSR count). The number of likely N-dealkylation sites (N-methyl/N-ethyl adjacent to an activating group) is 1. The van der Waals surface area contributed by atoms with Crippen molar-refractivity contribution in [3.63, 3.8) is 0 Å². The van der Waals surface area contributed by atoms with Crippen LogP contribution in [0.3, 0.4) is 0 Å². The normalized spacial score (nSPS) is 16.3. The molecule has 1 aliphatic rings. The lowest BCUT2D eigenvalue weighted by Gasteiger charge is -2.39. The predicted octanol–water partition coefficient (Wildman–Crippen LogP) is 6.71. The summed E-state index contributed by atoms with van der Waals surface area (Å²) in [6, 6.07) is 19.5. The van der Waals surface area contributed by atoms with Crippen molar-refractivity contribution in [3.05, 3.63) is 92.1 Å². The number of carbonyl (C=O) groups is 1. The van der Waals surface area contributed by atoms with Crippen molar-refractivity contribution in [2.75, 3.05) is 33.2 Å². The zero-order chi connectivity index (χ0) is 24.1. The number of hydrogen-bond acceptors (Lipinski definition) is 4. The van der Waals surface area contributed by atoms with Crippen LogP contribution in [-0.2, 0) is 5.60 Å². The lowest BCUT2D eigenvalue weighted by atomic mass is 9.84. The topological polar surface area (TPSA) is 43.8 Å². The number of likely N-dealkylation sites (tertiary alicyclic amines) is 1. The molecule has 4 nitrogen and oxygen atoms in total. The van der Waals surface area contributed by atoms with E-state index in [0.29, 0.717) is 29.4 Å². The van der Waals surface area contributed by atoms with E-state index in [1.165, 1.54) is 11.3 Å². The van der Waals surface area contributed by atoms with E-state index >= 15 is 0 Å². The molecule has 2 aromatic carbocycles. The van der Waals surface area contributed by atoms with Gasteiger partial charge in [0.05, 0.1) is 20.5 Å². The second-order valence-electron chi connectivity index (χ2n) is 9.06. The first-order chi connectivity index (χ1) is 16.4. The van der Waals surface area contributed by atoms with Gasteiger partial charge in [-0.15, -0.1) is 23.7 Å². The molecule has 1 fully saturated rings. The van der Waals surface area contributed by atoms with E-state index < -0.39 is 5.60 Å². The summed E-state index contributed by atoms with van der Waals surface area (Å²) in [5.41, 5.74) is 1.32. The standard InChI is InChI=1S/C27H30Cl2N2O2S.ClH/c1-30(26(32)25-8-5-17-34-25)19-21(20-9-10-23(28)24(29)18-20)11-14-31-15-12-27(33,13-16-31)22-6-3-2-4-7-22;/h2-10,17-18,21,33H,11-16,19H2,1H3;1H. The van der Waals surface area contributed by atoms with Gasteiger partial charge in [-0.05, 0) is 60.5 Å². The minimum Gasteiger partial charge on any atom is -0.385 e. The van der Waals surface area contributed by atoms with Gasteiger partial charge in [0.2, 0.25) is 0 Å². The minimum absolute atomic E-state index is 0. The average Bonchev–Trinajstić information content (AvgIpc) is 3.39. The molecule has 0 saturated carbocycles. The Hall–Kier alpha value is -1.60. The Bertz CT molecular complexity index is 1090. The van der Waals surface area contributed by atoms with Crippen LogP contribution < -0.4 is 0 Å². The van der Waals surface area contributed by atoms with Crippen molar-refractivity contribution in [1.29, 1.82) is 0 Å². The minimum atomic E-state index is -0.756. The van der Waals surface area contributed by atoms with Gasteiger partial charge < -0.3 is 14.9 Å². The Kier molecular flexibility index (Phi) is 10.1. The summed E-state index contributed by atoms with van der Waals surface area (Å²) >= 11 is 13.9. The number of halogens is 3. The van der Waals surface area contributed by atoms with E-state index in [1.54, 1.807) is 4.90 Å². The second kappa shape index (κ2) is 12.6. The first kappa shape index (κ1) is 28.0. The molecule has 1 atom stereocenters. The predicted molar refractivity (Wildman–Crippen MR) is 148 cm³/mol. The van der Waals surface area contributed by atoms with Crippen molar-refractivity contribution in [3.8, 4) is 0 Å². The number of rotatable bonds is 8. The Morgan fingerprint density at radius 2 is 1.80 bits per heavy atom. The van der Waals surface area contributed by atoms with Gasteiger partial charge in [0.25, 0.3) is 5.91 Å². The molecule has 1 saturated heterocycles. The van der Waals surface area contributed by atoms with Crippen LogP contribution in [0, 0.1) is 0 Å². The molecule has 1 aromatic heterocycles. The first-order valence-electron chi connectivity index (χ1n) is 11.6. The molecule has 0 spiro atoms. The largest absolute Gasteiger partial charge is 0.385 e. The molecule has 0 aliphatic carbocycles. The zero-order valence-electron chi connectivity index (χ0n) is 19.7. The lowest BCUT2D eigenvalue weighted by molar-refractivity contribution is -0.0264. The third-order valence-electron chi connectivity index (χ3n) is 6.78. The molecular weight excluding hydrogens is 523 g/mol. The summed E-state index contributed by atoms with van der Waals surface area (Å²) in [5, 5.41) is 14.1. The maximum atomic E-state index is 12.9. The highest BCUT2D eigenvalue weighted by molar-refractivity contribution is 7.12. The van der Waals surface area contributed by atoms with Gasteiger partial charge >= 0.3 is 0 Å². The quantitative estimate of drug-likeness (QED) is 0.337. The van der Waals surface area contributed by atoms with Gasteiger partial charge in [-0.1, -0.05) is 65.7 Å². The van der Waals surface area contributed by atoms with Crippen molar-refractivity contribution in [2.24, 2.45) is 0 Å². The van der Waals surface area contributed by atoms with Crippen molar-refractivity contribution < 1.29 is 9.90 Å². The molecule has 0 bridgehead atoms. The van der Waals surface area contributed by atoms with Gasteiger partial charge in [0, 0.05) is 32.6 Å². The van der Waals surface area contributed by atoms with Crippen molar-refractivity contribution in [2.45, 2.75) is 30.8 Å². The number of piperidine rings is 1. The van der Waals surface area contributed by atoms with E-state index in [0.717, 1.165) is 42.1 Å². The van der Waals surface area contributed by atoms with E-state index in [9.17, 15) is 9.90 Å². The summed E-state index contributed by atoms with van der Waals surface area (Å²) in [4.78, 5) is 17.8. The molecule has 1 aliphatic heterocycles. The monoisotopic (exact) mass is 552 g/mol. The summed E-state index contributed by atoms with van der Waals surface area (Å²) < 4.78 is 0. The molecule has 8 heteroatoms. The summed E-state index contributed by atoms with van der Waals surface area (Å²) in [6.45, 7) is 3.15. The highest BCUT2D eigenvalue weighted by atomic mass is 35.5. The molecule has 2 heterocycles. The molecule has 1 amide bonds. The van der Waals surface area contributed by atoms with Crippen molar-refractivity contribution >= 4 is 52.9 Å². The van der Waals surface area contributed by atoms with Gasteiger partial charge in [0.15, 0.2) is 0 Å². The molecule has 188 valence electrons. The Morgan fingerprint density at radius 1 is 1.09 bits per heavy atom. The van der Waals surface area contributed by atoms with Crippen LogP contribution >= 0.6 is 46.9 Å². The highest BCUT2D eigenvalue weighted by Gasteiger charge is 2.34. The van der Waals surface area contributed by atoms with E-state index in [2.05, 4.69) is 4.90 Å². The number of amides is 1. The first-order valence-corrected chi connectivity index (χ1v) is 13.2. The Morgan fingerprint density at radius 3 is 2.43 bits per heavy atom. The second-order valence-corrected chi connectivity index (χ2v) is 10.8. The maximum Gasteiger partial charge on any atom is 0.263 e. The fraction of sp³-hybridized carbons (Fsp3) is 0.370. The van der Waals surface area contributed by atoms with E-state index in [4.69, 9.17) is 23.2 Å². The maximum absolute atomic E-state index is 12.9. The molecule has 35 heavy (non-hydrogen) atoms. The van der Waals surface area contributed by atoms with Gasteiger partial charge in [-0.25, -0.2) is 0 Å². The summed E-state index contributed by atoms with van der Waals surface area (Å²) in [5.74, 6) is 0.157. The summed E-state index contributed by atoms with van der Waals surface area (Å²) in [7, 11) is 1.85. The lowest BCUT2D eigenvalue weighted by Crippen LogP contribution is -2.43. The smallest absolute Gasteiger partial charge is 0.263 e. The van der Waals surface area contributed by atoms with Crippen LogP contribution in [0.25, 0.3) is 0 Å². The number of thiophene rings is 1. The SMILES string of the molecule is CN(CC(CCN1CCC(O)(c2ccccc2)CC1)c1ccc(Cl)c(Cl)c1)C(=O)c1cccs1.Cl. The van der Waals surface area contributed by atoms with Crippen LogP contribution in [0.2, 0.25) is 10.0 Å². The third-order valence-corrected chi connectivity index (χ3v) is 8.37. The van der Waals surface area contributed by atoms with Crippen LogP contribution in [-0.4, -0.2) is 54.0 Å². The summed E-state index contributed by atoms with van der Waals surface area (Å²) in [6.07, 6.45) is 2.31. The number of carbonyl (C=O) groups excluding carboxylic acids is 1.